The first kappa shape index (κ1) is 16.7. The molecule has 0 aromatic rings. The highest BCUT2D eigenvalue weighted by Gasteiger charge is 2.29. The summed E-state index contributed by atoms with van der Waals surface area (Å²) in [6, 6.07) is -1.69. The third-order valence-corrected chi connectivity index (χ3v) is 2.00. The summed E-state index contributed by atoms with van der Waals surface area (Å²) in [5, 5.41) is 4.27. The van der Waals surface area contributed by atoms with E-state index < -0.39 is 36.7 Å². The number of esters is 1. The van der Waals surface area contributed by atoms with E-state index >= 15 is 0 Å². The molecule has 0 heterocycles. The topological polar surface area (TPSA) is 67.4 Å². The summed E-state index contributed by atoms with van der Waals surface area (Å²) < 4.78 is 40.3. The van der Waals surface area contributed by atoms with Crippen LogP contribution in [0, 0.1) is 0 Å². The molecule has 0 bridgehead atoms. The maximum Gasteiger partial charge on any atom is 0.405 e. The number of carbonyl (C=O) groups excluding carboxylic acids is 2. The Morgan fingerprint density at radius 3 is 2.22 bits per heavy atom. The fraction of sp³-hybridized carbons (Fsp3) is 0.800. The van der Waals surface area contributed by atoms with Crippen LogP contribution in [0.5, 0.6) is 0 Å². The number of halogens is 3. The molecule has 1 amide bonds. The van der Waals surface area contributed by atoms with Crippen molar-refractivity contribution in [2.24, 2.45) is 0 Å². The maximum atomic E-state index is 11.9. The summed E-state index contributed by atoms with van der Waals surface area (Å²) >= 11 is 0. The lowest BCUT2D eigenvalue weighted by molar-refractivity contribution is -0.146. The van der Waals surface area contributed by atoms with Crippen molar-refractivity contribution in [2.45, 2.75) is 39.0 Å². The summed E-state index contributed by atoms with van der Waals surface area (Å²) in [4.78, 5) is 22.5. The van der Waals surface area contributed by atoms with Crippen LogP contribution in [-0.2, 0) is 14.3 Å². The van der Waals surface area contributed by atoms with E-state index in [-0.39, 0.29) is 6.61 Å². The van der Waals surface area contributed by atoms with Gasteiger partial charge in [0.2, 0.25) is 5.91 Å². The molecule has 0 rings (SSSR count). The molecule has 106 valence electrons. The Balaban J connectivity index is 4.11. The highest BCUT2D eigenvalue weighted by Crippen LogP contribution is 2.12. The zero-order valence-corrected chi connectivity index (χ0v) is 10.4. The lowest BCUT2D eigenvalue weighted by atomic mass is 10.2. The molecule has 5 nitrogen and oxygen atoms in total. The maximum absolute atomic E-state index is 11.9. The number of ether oxygens (including phenoxy) is 1. The van der Waals surface area contributed by atoms with Crippen molar-refractivity contribution in [3.8, 4) is 0 Å². The first-order valence-corrected chi connectivity index (χ1v) is 5.44. The minimum Gasteiger partial charge on any atom is -0.465 e. The van der Waals surface area contributed by atoms with Gasteiger partial charge >= 0.3 is 12.1 Å². The number of carbonyl (C=O) groups is 2. The lowest BCUT2D eigenvalue weighted by Gasteiger charge is -2.18. The first-order valence-electron chi connectivity index (χ1n) is 5.44. The Hall–Kier alpha value is -1.31. The molecule has 0 spiro atoms. The molecule has 8 heteroatoms. The third-order valence-electron chi connectivity index (χ3n) is 2.00. The summed E-state index contributed by atoms with van der Waals surface area (Å²) in [7, 11) is 0. The number of hydrogen-bond donors (Lipinski definition) is 2. The summed E-state index contributed by atoms with van der Waals surface area (Å²) in [6.07, 6.45) is -4.46. The Morgan fingerprint density at radius 2 is 1.78 bits per heavy atom. The van der Waals surface area contributed by atoms with E-state index in [9.17, 15) is 22.8 Å². The van der Waals surface area contributed by atoms with Crippen LogP contribution < -0.4 is 10.6 Å². The van der Waals surface area contributed by atoms with Gasteiger partial charge in [0.05, 0.1) is 12.6 Å². The quantitative estimate of drug-likeness (QED) is 0.693. The van der Waals surface area contributed by atoms with Gasteiger partial charge in [0.1, 0.15) is 12.6 Å². The van der Waals surface area contributed by atoms with Crippen molar-refractivity contribution in [3.63, 3.8) is 0 Å². The van der Waals surface area contributed by atoms with Gasteiger partial charge in [0.25, 0.3) is 0 Å². The van der Waals surface area contributed by atoms with Gasteiger partial charge in [0.15, 0.2) is 0 Å². The minimum atomic E-state index is -4.46. The highest BCUT2D eigenvalue weighted by atomic mass is 19.4. The van der Waals surface area contributed by atoms with E-state index in [2.05, 4.69) is 10.1 Å². The molecule has 0 saturated carbocycles. The van der Waals surface area contributed by atoms with Crippen molar-refractivity contribution < 1.29 is 27.5 Å². The van der Waals surface area contributed by atoms with E-state index in [0.29, 0.717) is 0 Å². The highest BCUT2D eigenvalue weighted by molar-refractivity contribution is 5.83. The molecule has 0 saturated heterocycles. The van der Waals surface area contributed by atoms with Gasteiger partial charge in [0, 0.05) is 0 Å². The fourth-order valence-electron chi connectivity index (χ4n) is 1.13. The van der Waals surface area contributed by atoms with Crippen LogP contribution in [0.2, 0.25) is 0 Å². The van der Waals surface area contributed by atoms with Crippen LogP contribution in [0.1, 0.15) is 20.8 Å². The smallest absolute Gasteiger partial charge is 0.405 e. The van der Waals surface area contributed by atoms with Crippen LogP contribution in [0.15, 0.2) is 0 Å². The van der Waals surface area contributed by atoms with Gasteiger partial charge in [-0.25, -0.2) is 0 Å². The van der Waals surface area contributed by atoms with Crippen molar-refractivity contribution in [1.82, 2.24) is 10.6 Å². The molecule has 2 atom stereocenters. The second-order valence-corrected chi connectivity index (χ2v) is 3.70. The van der Waals surface area contributed by atoms with Crippen LogP contribution in [0.25, 0.3) is 0 Å². The standard InChI is InChI=1S/C10H17F3N2O3/c1-4-18-9(17)7(3)15-6(2)8(16)14-5-10(11,12)13/h6-7,15H,4-5H2,1-3H3,(H,14,16). The molecule has 0 radical (unpaired) electrons. The Bertz CT molecular complexity index is 295. The number of rotatable bonds is 6. The van der Waals surface area contributed by atoms with Gasteiger partial charge < -0.3 is 10.1 Å². The lowest BCUT2D eigenvalue weighted by Crippen LogP contribution is -2.50. The van der Waals surface area contributed by atoms with Crippen LogP contribution in [-0.4, -0.2) is 43.3 Å². The molecule has 0 fully saturated rings. The molecule has 0 aliphatic carbocycles. The van der Waals surface area contributed by atoms with E-state index in [1.807, 2.05) is 0 Å². The van der Waals surface area contributed by atoms with E-state index in [0.717, 1.165) is 0 Å². The van der Waals surface area contributed by atoms with Crippen molar-refractivity contribution >= 4 is 11.9 Å². The van der Waals surface area contributed by atoms with E-state index in [1.165, 1.54) is 13.8 Å². The van der Waals surface area contributed by atoms with E-state index in [1.54, 1.807) is 12.2 Å². The Kier molecular flexibility index (Phi) is 6.67. The van der Waals surface area contributed by atoms with Crippen LogP contribution >= 0.6 is 0 Å². The summed E-state index contributed by atoms with van der Waals surface area (Å²) in [6.45, 7) is 3.25. The number of nitrogens with one attached hydrogen (secondary N) is 2. The van der Waals surface area contributed by atoms with Gasteiger partial charge in [-0.15, -0.1) is 0 Å². The third kappa shape index (κ3) is 7.10. The molecule has 0 aliphatic heterocycles. The molecular formula is C10H17F3N2O3. The van der Waals surface area contributed by atoms with Gasteiger partial charge in [-0.2, -0.15) is 13.2 Å². The summed E-state index contributed by atoms with van der Waals surface area (Å²) in [5.74, 6) is -1.39. The second-order valence-electron chi connectivity index (χ2n) is 3.70. The van der Waals surface area contributed by atoms with Gasteiger partial charge in [-0.05, 0) is 20.8 Å². The second kappa shape index (κ2) is 7.20. The Morgan fingerprint density at radius 1 is 1.22 bits per heavy atom. The Labute approximate surface area is 103 Å². The molecule has 0 aliphatic rings. The fourth-order valence-corrected chi connectivity index (χ4v) is 1.13. The number of alkyl halides is 3. The zero-order valence-electron chi connectivity index (χ0n) is 10.4. The zero-order chi connectivity index (χ0) is 14.3. The average molecular weight is 270 g/mol. The summed E-state index contributed by atoms with van der Waals surface area (Å²) in [5.41, 5.74) is 0. The largest absolute Gasteiger partial charge is 0.465 e. The molecular weight excluding hydrogens is 253 g/mol. The number of amides is 1. The predicted molar refractivity (Wildman–Crippen MR) is 57.8 cm³/mol. The van der Waals surface area contributed by atoms with Crippen molar-refractivity contribution in [2.75, 3.05) is 13.2 Å². The van der Waals surface area contributed by atoms with Crippen LogP contribution in [0.4, 0.5) is 13.2 Å². The molecule has 18 heavy (non-hydrogen) atoms. The predicted octanol–water partition coefficient (Wildman–Crippen LogP) is 0.595. The first-order chi connectivity index (χ1) is 8.17. The van der Waals surface area contributed by atoms with Crippen LogP contribution in [0.3, 0.4) is 0 Å². The molecule has 2 N–H and O–H groups in total. The SMILES string of the molecule is CCOC(=O)C(C)NC(C)C(=O)NCC(F)(F)F. The van der Waals surface area contributed by atoms with Gasteiger partial charge in [-0.3, -0.25) is 14.9 Å². The molecule has 0 aromatic carbocycles. The van der Waals surface area contributed by atoms with Gasteiger partial charge in [-0.1, -0.05) is 0 Å². The molecule has 0 aromatic heterocycles. The average Bonchev–Trinajstić information content (AvgIpc) is 2.24. The van der Waals surface area contributed by atoms with Crippen molar-refractivity contribution in [1.29, 1.82) is 0 Å². The van der Waals surface area contributed by atoms with E-state index in [4.69, 9.17) is 0 Å². The number of hydrogen-bond acceptors (Lipinski definition) is 4. The normalized spacial score (nSPS) is 14.8. The van der Waals surface area contributed by atoms with Crippen molar-refractivity contribution in [3.05, 3.63) is 0 Å². The molecule has 2 unspecified atom stereocenters. The monoisotopic (exact) mass is 270 g/mol. The minimum absolute atomic E-state index is 0.194.